The van der Waals surface area contributed by atoms with Crippen LogP contribution in [0.3, 0.4) is 0 Å². The molecule has 140 valence electrons. The second-order valence-electron chi connectivity index (χ2n) is 7.90. The lowest BCUT2D eigenvalue weighted by atomic mass is 10.1. The van der Waals surface area contributed by atoms with Crippen LogP contribution in [0.2, 0.25) is 0 Å². The molecule has 0 radical (unpaired) electrons. The maximum absolute atomic E-state index is 12.1. The summed E-state index contributed by atoms with van der Waals surface area (Å²) in [6, 6.07) is 0. The first-order valence-corrected chi connectivity index (χ1v) is 10.5. The predicted octanol–water partition coefficient (Wildman–Crippen LogP) is 1.21. The van der Waals surface area contributed by atoms with Gasteiger partial charge < -0.3 is 14.5 Å². The van der Waals surface area contributed by atoms with Crippen LogP contribution < -0.4 is 0 Å². The zero-order valence-electron chi connectivity index (χ0n) is 15.3. The molecular weight excluding hydrogens is 330 g/mol. The summed E-state index contributed by atoms with van der Waals surface area (Å²) >= 11 is 0. The Bertz CT molecular complexity index is 544. The summed E-state index contributed by atoms with van der Waals surface area (Å²) in [5, 5.41) is 0. The number of amides is 1. The molecule has 0 aromatic carbocycles. The summed E-state index contributed by atoms with van der Waals surface area (Å²) < 4.78 is 30.3. The van der Waals surface area contributed by atoms with E-state index in [0.717, 1.165) is 45.6 Å². The number of carbonyl (C=O) groups is 1. The van der Waals surface area contributed by atoms with Crippen LogP contribution >= 0.6 is 0 Å². The van der Waals surface area contributed by atoms with Crippen molar-refractivity contribution in [3.05, 3.63) is 0 Å². The molecule has 7 nitrogen and oxygen atoms in total. The third kappa shape index (κ3) is 5.89. The number of carbonyl (C=O) groups excluding carboxylic acids is 1. The van der Waals surface area contributed by atoms with Gasteiger partial charge in [-0.15, -0.1) is 0 Å². The minimum absolute atomic E-state index is 0.232. The molecule has 1 amide bonds. The van der Waals surface area contributed by atoms with Gasteiger partial charge in [-0.05, 0) is 46.1 Å². The summed E-state index contributed by atoms with van der Waals surface area (Å²) in [5.74, 6) is 0.433. The molecule has 0 N–H and O–H groups in total. The van der Waals surface area contributed by atoms with Crippen molar-refractivity contribution in [3.63, 3.8) is 0 Å². The molecule has 1 atom stereocenters. The highest BCUT2D eigenvalue weighted by atomic mass is 32.2. The lowest BCUT2D eigenvalue weighted by Gasteiger charge is -2.26. The summed E-state index contributed by atoms with van der Waals surface area (Å²) in [5.41, 5.74) is -0.463. The Balaban J connectivity index is 1.80. The molecule has 0 aliphatic carbocycles. The fraction of sp³-hybridized carbons (Fsp3) is 0.938. The van der Waals surface area contributed by atoms with E-state index < -0.39 is 15.6 Å². The molecule has 0 bridgehead atoms. The van der Waals surface area contributed by atoms with Crippen molar-refractivity contribution in [2.75, 3.05) is 52.1 Å². The van der Waals surface area contributed by atoms with Gasteiger partial charge in [0.1, 0.15) is 5.60 Å². The molecular formula is C16H31N3O4S. The number of rotatable bonds is 3. The monoisotopic (exact) mass is 361 g/mol. The largest absolute Gasteiger partial charge is 0.444 e. The molecule has 0 saturated carbocycles. The maximum atomic E-state index is 12.1. The Morgan fingerprint density at radius 3 is 2.46 bits per heavy atom. The number of hydrogen-bond donors (Lipinski definition) is 0. The smallest absolute Gasteiger partial charge is 0.410 e. The van der Waals surface area contributed by atoms with E-state index in [1.165, 1.54) is 6.26 Å². The summed E-state index contributed by atoms with van der Waals surface area (Å²) in [4.78, 5) is 16.2. The molecule has 8 heteroatoms. The summed E-state index contributed by atoms with van der Waals surface area (Å²) in [6.45, 7) is 10.8. The van der Waals surface area contributed by atoms with Crippen LogP contribution in [-0.2, 0) is 14.8 Å². The van der Waals surface area contributed by atoms with E-state index in [1.807, 2.05) is 20.8 Å². The van der Waals surface area contributed by atoms with Crippen LogP contribution in [0.15, 0.2) is 0 Å². The van der Waals surface area contributed by atoms with Gasteiger partial charge in [-0.3, -0.25) is 0 Å². The Kier molecular flexibility index (Phi) is 6.14. The molecule has 2 rings (SSSR count). The van der Waals surface area contributed by atoms with E-state index in [2.05, 4.69) is 4.90 Å². The van der Waals surface area contributed by atoms with Crippen molar-refractivity contribution in [1.82, 2.24) is 14.1 Å². The highest BCUT2D eigenvalue weighted by molar-refractivity contribution is 7.88. The van der Waals surface area contributed by atoms with E-state index in [1.54, 1.807) is 9.21 Å². The van der Waals surface area contributed by atoms with Gasteiger partial charge in [0.2, 0.25) is 10.0 Å². The van der Waals surface area contributed by atoms with Crippen LogP contribution in [-0.4, -0.2) is 86.3 Å². The van der Waals surface area contributed by atoms with Gasteiger partial charge in [0.15, 0.2) is 0 Å². The average molecular weight is 362 g/mol. The second-order valence-corrected chi connectivity index (χ2v) is 9.88. The zero-order chi connectivity index (χ0) is 18.0. The van der Waals surface area contributed by atoms with Crippen molar-refractivity contribution in [1.29, 1.82) is 0 Å². The second kappa shape index (κ2) is 7.58. The maximum Gasteiger partial charge on any atom is 0.410 e. The number of hydrogen-bond acceptors (Lipinski definition) is 5. The number of sulfonamides is 1. The predicted molar refractivity (Wildman–Crippen MR) is 93.4 cm³/mol. The van der Waals surface area contributed by atoms with Gasteiger partial charge >= 0.3 is 6.09 Å². The molecule has 2 aliphatic rings. The van der Waals surface area contributed by atoms with E-state index in [4.69, 9.17) is 4.74 Å². The van der Waals surface area contributed by atoms with E-state index in [-0.39, 0.29) is 6.09 Å². The normalized spacial score (nSPS) is 24.8. The molecule has 0 aromatic rings. The Hall–Kier alpha value is -0.860. The third-order valence-electron chi connectivity index (χ3n) is 4.47. The zero-order valence-corrected chi connectivity index (χ0v) is 16.1. The molecule has 24 heavy (non-hydrogen) atoms. The number of nitrogens with zero attached hydrogens (tertiary/aromatic N) is 3. The Morgan fingerprint density at radius 2 is 1.83 bits per heavy atom. The van der Waals surface area contributed by atoms with E-state index in [0.29, 0.717) is 19.0 Å². The third-order valence-corrected chi connectivity index (χ3v) is 5.77. The molecule has 2 aliphatic heterocycles. The first kappa shape index (κ1) is 19.5. The lowest BCUT2D eigenvalue weighted by Crippen LogP contribution is -2.38. The lowest BCUT2D eigenvalue weighted by molar-refractivity contribution is 0.0285. The van der Waals surface area contributed by atoms with Gasteiger partial charge in [-0.25, -0.2) is 17.5 Å². The number of ether oxygens (including phenoxy) is 1. The van der Waals surface area contributed by atoms with Crippen LogP contribution in [0.4, 0.5) is 4.79 Å². The average Bonchev–Trinajstić information content (AvgIpc) is 2.74. The summed E-state index contributed by atoms with van der Waals surface area (Å²) in [6.07, 6.45) is 2.88. The van der Waals surface area contributed by atoms with Crippen molar-refractivity contribution in [2.45, 2.75) is 39.2 Å². The minimum Gasteiger partial charge on any atom is -0.444 e. The van der Waals surface area contributed by atoms with Gasteiger partial charge in [-0.1, -0.05) is 0 Å². The van der Waals surface area contributed by atoms with Gasteiger partial charge in [0, 0.05) is 39.3 Å². The van der Waals surface area contributed by atoms with Crippen LogP contribution in [0.1, 0.15) is 33.6 Å². The molecule has 0 unspecified atom stereocenters. The van der Waals surface area contributed by atoms with Crippen molar-refractivity contribution < 1.29 is 17.9 Å². The van der Waals surface area contributed by atoms with Crippen molar-refractivity contribution in [2.24, 2.45) is 5.92 Å². The summed E-state index contributed by atoms with van der Waals surface area (Å²) in [7, 11) is -3.10. The molecule has 2 fully saturated rings. The van der Waals surface area contributed by atoms with E-state index in [9.17, 15) is 13.2 Å². The van der Waals surface area contributed by atoms with Gasteiger partial charge in [0.05, 0.1) is 6.26 Å². The molecule has 2 heterocycles. The quantitative estimate of drug-likeness (QED) is 0.756. The fourth-order valence-electron chi connectivity index (χ4n) is 3.30. The minimum atomic E-state index is -3.10. The van der Waals surface area contributed by atoms with Gasteiger partial charge in [-0.2, -0.15) is 0 Å². The van der Waals surface area contributed by atoms with Crippen LogP contribution in [0, 0.1) is 5.92 Å². The van der Waals surface area contributed by atoms with E-state index >= 15 is 0 Å². The van der Waals surface area contributed by atoms with Crippen LogP contribution in [0.5, 0.6) is 0 Å². The standard InChI is InChI=1S/C16H31N3O4S/c1-16(2,3)23-15(20)18-9-6-14(13-18)12-17-7-5-8-19(11-10-17)24(4,21)22/h14H,5-13H2,1-4H3/t14-/m0/s1. The van der Waals surface area contributed by atoms with Gasteiger partial charge in [0.25, 0.3) is 0 Å². The first-order valence-electron chi connectivity index (χ1n) is 8.70. The van der Waals surface area contributed by atoms with Crippen LogP contribution in [0.25, 0.3) is 0 Å². The van der Waals surface area contributed by atoms with Crippen molar-refractivity contribution in [3.8, 4) is 0 Å². The number of likely N-dealkylation sites (tertiary alicyclic amines) is 1. The highest BCUT2D eigenvalue weighted by Crippen LogP contribution is 2.21. The topological polar surface area (TPSA) is 70.2 Å². The first-order chi connectivity index (χ1) is 11.0. The Labute approximate surface area is 146 Å². The van der Waals surface area contributed by atoms with Crippen molar-refractivity contribution >= 4 is 16.1 Å². The molecule has 0 aromatic heterocycles. The molecule has 2 saturated heterocycles. The fourth-order valence-corrected chi connectivity index (χ4v) is 4.17. The molecule has 0 spiro atoms. The SMILES string of the molecule is CC(C)(C)OC(=O)N1CC[C@@H](CN2CCCN(S(C)(=O)=O)CC2)C1. The highest BCUT2D eigenvalue weighted by Gasteiger charge is 2.31. The Morgan fingerprint density at radius 1 is 1.12 bits per heavy atom.